The van der Waals surface area contributed by atoms with Gasteiger partial charge >= 0.3 is 0 Å². The molecule has 0 atom stereocenters. The van der Waals surface area contributed by atoms with E-state index in [2.05, 4.69) is 22.4 Å². The SMILES string of the molecule is CN(C(=O)c1ccccc1)c1ccc2c(c1)nc(NC(=O)c1ccc(-c3cnco3)s1)n2CCc1ccccc1. The Morgan fingerprint density at radius 3 is 2.50 bits per heavy atom. The van der Waals surface area contributed by atoms with Gasteiger partial charge in [-0.25, -0.2) is 9.97 Å². The third-order valence-corrected chi connectivity index (χ3v) is 7.74. The lowest BCUT2D eigenvalue weighted by molar-refractivity contribution is 0.0991. The first-order valence-corrected chi connectivity index (χ1v) is 13.6. The van der Waals surface area contributed by atoms with Gasteiger partial charge in [0.15, 0.2) is 12.2 Å². The zero-order valence-corrected chi connectivity index (χ0v) is 22.5. The lowest BCUT2D eigenvalue weighted by Crippen LogP contribution is -2.26. The van der Waals surface area contributed by atoms with Crippen LogP contribution in [0.4, 0.5) is 11.6 Å². The molecule has 0 saturated carbocycles. The standard InChI is InChI=1S/C31H25N5O3S/c1-35(30(38)22-10-6-3-7-11-22)23-12-13-25-24(18-23)33-31(36(25)17-16-21-8-4-2-5-9-21)34-29(37)28-15-14-27(40-28)26-19-32-20-39-26/h2-15,18-20H,16-17H2,1H3,(H,33,34,37). The minimum Gasteiger partial charge on any atom is -0.443 e. The number of imidazole rings is 1. The first kappa shape index (κ1) is 25.3. The summed E-state index contributed by atoms with van der Waals surface area (Å²) in [4.78, 5) is 38.0. The van der Waals surface area contributed by atoms with Crippen LogP contribution in [-0.4, -0.2) is 33.4 Å². The van der Waals surface area contributed by atoms with Crippen LogP contribution in [-0.2, 0) is 13.0 Å². The summed E-state index contributed by atoms with van der Waals surface area (Å²) in [6.07, 6.45) is 3.74. The fraction of sp³-hybridized carbons (Fsp3) is 0.0968. The third kappa shape index (κ3) is 5.14. The predicted octanol–water partition coefficient (Wildman–Crippen LogP) is 6.52. The molecule has 0 aliphatic rings. The zero-order valence-electron chi connectivity index (χ0n) is 21.7. The highest BCUT2D eigenvalue weighted by Gasteiger charge is 2.19. The van der Waals surface area contributed by atoms with Crippen molar-refractivity contribution in [3.8, 4) is 10.6 Å². The molecule has 0 radical (unpaired) electrons. The Kier molecular flexibility index (Phi) is 6.95. The van der Waals surface area contributed by atoms with Crippen molar-refractivity contribution in [1.82, 2.24) is 14.5 Å². The molecule has 198 valence electrons. The van der Waals surface area contributed by atoms with Gasteiger partial charge in [0, 0.05) is 24.8 Å². The van der Waals surface area contributed by atoms with Crippen molar-refractivity contribution in [2.24, 2.45) is 0 Å². The highest BCUT2D eigenvalue weighted by Crippen LogP contribution is 2.30. The number of aromatic nitrogens is 3. The number of carbonyl (C=O) groups excluding carboxylic acids is 2. The second-order valence-corrected chi connectivity index (χ2v) is 10.3. The summed E-state index contributed by atoms with van der Waals surface area (Å²) in [5.41, 5.74) is 4.04. The van der Waals surface area contributed by atoms with E-state index in [9.17, 15) is 9.59 Å². The van der Waals surface area contributed by atoms with E-state index in [-0.39, 0.29) is 11.8 Å². The van der Waals surface area contributed by atoms with Crippen LogP contribution in [0, 0.1) is 0 Å². The van der Waals surface area contributed by atoms with Gasteiger partial charge in [-0.3, -0.25) is 14.9 Å². The molecule has 8 nitrogen and oxygen atoms in total. The van der Waals surface area contributed by atoms with Crippen LogP contribution in [0.3, 0.4) is 0 Å². The van der Waals surface area contributed by atoms with Gasteiger partial charge in [0.2, 0.25) is 5.95 Å². The molecule has 0 unspecified atom stereocenters. The average molecular weight is 548 g/mol. The maximum absolute atomic E-state index is 13.3. The number of aryl methyl sites for hydroxylation is 2. The Morgan fingerprint density at radius 2 is 1.75 bits per heavy atom. The second kappa shape index (κ2) is 11.0. The molecule has 6 aromatic rings. The number of oxazole rings is 1. The van der Waals surface area contributed by atoms with Crippen molar-refractivity contribution in [3.63, 3.8) is 0 Å². The number of anilines is 2. The highest BCUT2D eigenvalue weighted by molar-refractivity contribution is 7.17. The van der Waals surface area contributed by atoms with Gasteiger partial charge in [-0.2, -0.15) is 0 Å². The van der Waals surface area contributed by atoms with Crippen LogP contribution in [0.1, 0.15) is 25.6 Å². The number of nitrogens with zero attached hydrogens (tertiary/aromatic N) is 4. The van der Waals surface area contributed by atoms with E-state index in [1.165, 1.54) is 23.3 Å². The second-order valence-electron chi connectivity index (χ2n) is 9.21. The number of hydrogen-bond acceptors (Lipinski definition) is 6. The predicted molar refractivity (Wildman–Crippen MR) is 157 cm³/mol. The fourth-order valence-electron chi connectivity index (χ4n) is 4.52. The number of amides is 2. The molecule has 40 heavy (non-hydrogen) atoms. The normalized spacial score (nSPS) is 11.0. The minimum absolute atomic E-state index is 0.114. The lowest BCUT2D eigenvalue weighted by atomic mass is 10.1. The Hall–Kier alpha value is -5.02. The Balaban J connectivity index is 1.31. The van der Waals surface area contributed by atoms with Crippen LogP contribution < -0.4 is 10.2 Å². The summed E-state index contributed by atoms with van der Waals surface area (Å²) in [6, 6.07) is 28.6. The molecule has 0 aliphatic heterocycles. The molecule has 6 rings (SSSR count). The maximum Gasteiger partial charge on any atom is 0.268 e. The van der Waals surface area contributed by atoms with Crippen LogP contribution in [0.5, 0.6) is 0 Å². The molecule has 0 spiro atoms. The third-order valence-electron chi connectivity index (χ3n) is 6.64. The Labute approximate surface area is 234 Å². The summed E-state index contributed by atoms with van der Waals surface area (Å²) in [7, 11) is 1.74. The van der Waals surface area contributed by atoms with Crippen LogP contribution in [0.2, 0.25) is 0 Å². The number of hydrogen-bond donors (Lipinski definition) is 1. The largest absolute Gasteiger partial charge is 0.443 e. The molecule has 3 aromatic carbocycles. The monoisotopic (exact) mass is 547 g/mol. The van der Waals surface area contributed by atoms with Crippen molar-refractivity contribution in [1.29, 1.82) is 0 Å². The van der Waals surface area contributed by atoms with Crippen LogP contribution in [0.15, 0.2) is 108 Å². The topological polar surface area (TPSA) is 93.3 Å². The molecule has 3 aromatic heterocycles. The maximum atomic E-state index is 13.3. The molecule has 0 saturated heterocycles. The van der Waals surface area contributed by atoms with E-state index in [0.717, 1.165) is 16.8 Å². The molecule has 0 bridgehead atoms. The quantitative estimate of drug-likeness (QED) is 0.234. The number of rotatable bonds is 8. The van der Waals surface area contributed by atoms with Gasteiger partial charge in [-0.1, -0.05) is 48.5 Å². The summed E-state index contributed by atoms with van der Waals surface area (Å²) in [5.74, 6) is 0.682. The molecule has 3 heterocycles. The minimum atomic E-state index is -0.261. The number of nitrogens with one attached hydrogen (secondary N) is 1. The molecule has 0 aliphatic carbocycles. The molecule has 9 heteroatoms. The number of thiophene rings is 1. The van der Waals surface area contributed by atoms with Crippen molar-refractivity contribution < 1.29 is 14.0 Å². The number of fused-ring (bicyclic) bond motifs is 1. The zero-order chi connectivity index (χ0) is 27.5. The van der Waals surface area contributed by atoms with Crippen LogP contribution in [0.25, 0.3) is 21.7 Å². The van der Waals surface area contributed by atoms with Crippen LogP contribution >= 0.6 is 11.3 Å². The van der Waals surface area contributed by atoms with Crippen molar-refractivity contribution in [2.75, 3.05) is 17.3 Å². The van der Waals surface area contributed by atoms with E-state index in [1.54, 1.807) is 36.3 Å². The van der Waals surface area contributed by atoms with Gasteiger partial charge < -0.3 is 13.9 Å². The molecule has 2 amide bonds. The van der Waals surface area contributed by atoms with E-state index in [4.69, 9.17) is 9.40 Å². The molecule has 1 N–H and O–H groups in total. The Bertz CT molecular complexity index is 1780. The van der Waals surface area contributed by atoms with E-state index >= 15 is 0 Å². The lowest BCUT2D eigenvalue weighted by Gasteiger charge is -2.17. The Morgan fingerprint density at radius 1 is 0.975 bits per heavy atom. The first-order valence-electron chi connectivity index (χ1n) is 12.7. The summed E-state index contributed by atoms with van der Waals surface area (Å²) in [5, 5.41) is 3.01. The summed E-state index contributed by atoms with van der Waals surface area (Å²) < 4.78 is 7.37. The smallest absolute Gasteiger partial charge is 0.268 e. The summed E-state index contributed by atoms with van der Waals surface area (Å²) >= 11 is 1.32. The molecule has 0 fully saturated rings. The first-order chi connectivity index (χ1) is 19.6. The molecular formula is C31H25N5O3S. The summed E-state index contributed by atoms with van der Waals surface area (Å²) in [6.45, 7) is 0.613. The highest BCUT2D eigenvalue weighted by atomic mass is 32.1. The van der Waals surface area contributed by atoms with Crippen molar-refractivity contribution in [3.05, 3.63) is 120 Å². The van der Waals surface area contributed by atoms with E-state index in [0.29, 0.717) is 39.9 Å². The average Bonchev–Trinajstić information content (AvgIpc) is 3.76. The van der Waals surface area contributed by atoms with Gasteiger partial charge in [-0.15, -0.1) is 11.3 Å². The fourth-order valence-corrected chi connectivity index (χ4v) is 5.37. The number of benzene rings is 3. The van der Waals surface area contributed by atoms with E-state index in [1.807, 2.05) is 65.2 Å². The molecular weight excluding hydrogens is 522 g/mol. The van der Waals surface area contributed by atoms with Crippen molar-refractivity contribution >= 4 is 45.8 Å². The van der Waals surface area contributed by atoms with Gasteiger partial charge in [-0.05, 0) is 54.4 Å². The van der Waals surface area contributed by atoms with Gasteiger partial charge in [0.25, 0.3) is 11.8 Å². The van der Waals surface area contributed by atoms with E-state index < -0.39 is 0 Å². The van der Waals surface area contributed by atoms with Crippen molar-refractivity contribution in [2.45, 2.75) is 13.0 Å². The van der Waals surface area contributed by atoms with Gasteiger partial charge in [0.05, 0.1) is 27.0 Å². The number of carbonyl (C=O) groups is 2. The van der Waals surface area contributed by atoms with Gasteiger partial charge in [0.1, 0.15) is 0 Å².